The van der Waals surface area contributed by atoms with Crippen LogP contribution in [0.25, 0.3) is 0 Å². The van der Waals surface area contributed by atoms with Crippen LogP contribution in [-0.2, 0) is 0 Å². The smallest absolute Gasteiger partial charge is 0.159 e. The van der Waals surface area contributed by atoms with Gasteiger partial charge in [0, 0.05) is 0 Å². The Kier molecular flexibility index (Phi) is 1.58. The van der Waals surface area contributed by atoms with Crippen LogP contribution in [0, 0.1) is 0 Å². The Balaban J connectivity index is 2.61. The zero-order chi connectivity index (χ0) is 6.69. The van der Waals surface area contributed by atoms with Gasteiger partial charge >= 0.3 is 0 Å². The number of nitrogen functional groups attached to an aromatic ring is 1. The number of nitrogens with zero attached hydrogens (tertiary/aromatic N) is 2. The van der Waals surface area contributed by atoms with Crippen molar-refractivity contribution in [3.63, 3.8) is 0 Å². The van der Waals surface area contributed by atoms with Crippen molar-refractivity contribution in [1.82, 2.24) is 9.89 Å². The maximum absolute atomic E-state index is 5.23. The van der Waals surface area contributed by atoms with E-state index in [9.17, 15) is 0 Å². The molecule has 1 aromatic heterocycles. The fraction of sp³-hybridized carbons (Fsp3) is 0.400. The number of ether oxygens (including phenoxy) is 1. The molecule has 0 aliphatic carbocycles. The molecule has 1 heterocycles. The van der Waals surface area contributed by atoms with Gasteiger partial charge in [0.2, 0.25) is 0 Å². The maximum atomic E-state index is 5.23. The van der Waals surface area contributed by atoms with Gasteiger partial charge in [0.05, 0.1) is 19.0 Å². The molecule has 2 N–H and O–H groups in total. The normalized spacial score (nSPS) is 9.44. The lowest BCUT2D eigenvalue weighted by atomic mass is 10.6. The first kappa shape index (κ1) is 5.94. The molecule has 0 saturated heterocycles. The minimum absolute atomic E-state index is 0.645. The number of rotatable bonds is 2. The Bertz CT molecular complexity index is 184. The molecular formula is C5H9N3O. The van der Waals surface area contributed by atoms with E-state index in [1.807, 2.05) is 6.92 Å². The van der Waals surface area contributed by atoms with Crippen LogP contribution in [0.4, 0.5) is 0 Å². The van der Waals surface area contributed by atoms with Crippen molar-refractivity contribution in [3.05, 3.63) is 12.4 Å². The fourth-order valence-corrected chi connectivity index (χ4v) is 0.562. The Hall–Kier alpha value is -1.19. The van der Waals surface area contributed by atoms with Crippen LogP contribution < -0.4 is 10.6 Å². The summed E-state index contributed by atoms with van der Waals surface area (Å²) in [6.07, 6.45) is 3.19. The van der Waals surface area contributed by atoms with E-state index in [-0.39, 0.29) is 0 Å². The van der Waals surface area contributed by atoms with Gasteiger partial charge in [-0.1, -0.05) is 0 Å². The Morgan fingerprint density at radius 3 is 3.11 bits per heavy atom. The standard InChI is InChI=1S/C5H9N3O/c1-2-9-5-3-7-8(6)4-5/h3-4H,2,6H2,1H3. The van der Waals surface area contributed by atoms with E-state index >= 15 is 0 Å². The van der Waals surface area contributed by atoms with Crippen LogP contribution >= 0.6 is 0 Å². The van der Waals surface area contributed by atoms with E-state index in [0.717, 1.165) is 0 Å². The third-order valence-electron chi connectivity index (χ3n) is 0.889. The SMILES string of the molecule is CCOc1cnn(N)c1. The van der Waals surface area contributed by atoms with Crippen LogP contribution in [0.15, 0.2) is 12.4 Å². The number of hydrogen-bond acceptors (Lipinski definition) is 3. The van der Waals surface area contributed by atoms with Gasteiger partial charge in [-0.3, -0.25) is 0 Å². The molecule has 50 valence electrons. The molecule has 0 spiro atoms. The van der Waals surface area contributed by atoms with E-state index in [2.05, 4.69) is 5.10 Å². The monoisotopic (exact) mass is 127 g/mol. The molecule has 0 aromatic carbocycles. The Morgan fingerprint density at radius 2 is 2.67 bits per heavy atom. The summed E-state index contributed by atoms with van der Waals surface area (Å²) in [5.41, 5.74) is 0. The molecule has 4 heteroatoms. The summed E-state index contributed by atoms with van der Waals surface area (Å²) in [6.45, 7) is 2.56. The van der Waals surface area contributed by atoms with Gasteiger partial charge in [0.15, 0.2) is 5.75 Å². The van der Waals surface area contributed by atoms with Gasteiger partial charge in [0.25, 0.3) is 0 Å². The number of nitrogens with two attached hydrogens (primary N) is 1. The molecule has 0 unspecified atom stereocenters. The first-order valence-electron chi connectivity index (χ1n) is 2.75. The van der Waals surface area contributed by atoms with E-state index in [1.54, 1.807) is 12.4 Å². The lowest BCUT2D eigenvalue weighted by molar-refractivity contribution is 0.340. The van der Waals surface area contributed by atoms with Crippen LogP contribution in [0.2, 0.25) is 0 Å². The summed E-state index contributed by atoms with van der Waals surface area (Å²) >= 11 is 0. The molecule has 0 bridgehead atoms. The summed E-state index contributed by atoms with van der Waals surface area (Å²) in [6, 6.07) is 0. The molecule has 0 radical (unpaired) electrons. The molecule has 0 saturated carbocycles. The largest absolute Gasteiger partial charge is 0.490 e. The van der Waals surface area contributed by atoms with E-state index in [0.29, 0.717) is 12.4 Å². The van der Waals surface area contributed by atoms with Crippen molar-refractivity contribution >= 4 is 0 Å². The number of aromatic nitrogens is 2. The molecule has 0 aliphatic heterocycles. The van der Waals surface area contributed by atoms with Crippen molar-refractivity contribution in [3.8, 4) is 5.75 Å². The number of hydrogen-bond donors (Lipinski definition) is 1. The molecule has 0 amide bonds. The zero-order valence-corrected chi connectivity index (χ0v) is 5.24. The van der Waals surface area contributed by atoms with E-state index in [4.69, 9.17) is 10.6 Å². The van der Waals surface area contributed by atoms with Gasteiger partial charge in [-0.2, -0.15) is 9.89 Å². The van der Waals surface area contributed by atoms with Crippen molar-refractivity contribution in [1.29, 1.82) is 0 Å². The molecule has 0 aliphatic rings. The van der Waals surface area contributed by atoms with Crippen LogP contribution in [0.3, 0.4) is 0 Å². The second-order valence-electron chi connectivity index (χ2n) is 1.59. The second kappa shape index (κ2) is 2.39. The Labute approximate surface area is 53.2 Å². The van der Waals surface area contributed by atoms with Crippen molar-refractivity contribution in [2.45, 2.75) is 6.92 Å². The topological polar surface area (TPSA) is 53.1 Å². The van der Waals surface area contributed by atoms with Crippen LogP contribution in [-0.4, -0.2) is 16.5 Å². The average Bonchev–Trinajstić information content (AvgIpc) is 2.17. The van der Waals surface area contributed by atoms with Crippen molar-refractivity contribution in [2.75, 3.05) is 12.4 Å². The maximum Gasteiger partial charge on any atom is 0.159 e. The molecule has 1 rings (SSSR count). The van der Waals surface area contributed by atoms with Crippen LogP contribution in [0.1, 0.15) is 6.92 Å². The highest BCUT2D eigenvalue weighted by molar-refractivity contribution is 5.11. The van der Waals surface area contributed by atoms with E-state index in [1.165, 1.54) is 4.79 Å². The van der Waals surface area contributed by atoms with E-state index < -0.39 is 0 Å². The minimum atomic E-state index is 0.645. The quantitative estimate of drug-likeness (QED) is 0.569. The molecule has 4 nitrogen and oxygen atoms in total. The zero-order valence-electron chi connectivity index (χ0n) is 5.24. The summed E-state index contributed by atoms with van der Waals surface area (Å²) in [7, 11) is 0. The molecule has 1 aromatic rings. The fourth-order valence-electron chi connectivity index (χ4n) is 0.562. The molecule has 0 atom stereocenters. The first-order chi connectivity index (χ1) is 4.33. The third-order valence-corrected chi connectivity index (χ3v) is 0.889. The third kappa shape index (κ3) is 1.35. The van der Waals surface area contributed by atoms with Gasteiger partial charge in [-0.05, 0) is 6.92 Å². The molecular weight excluding hydrogens is 118 g/mol. The lowest BCUT2D eigenvalue weighted by Gasteiger charge is -1.93. The first-order valence-corrected chi connectivity index (χ1v) is 2.75. The lowest BCUT2D eigenvalue weighted by Crippen LogP contribution is -2.07. The van der Waals surface area contributed by atoms with Gasteiger partial charge in [-0.15, -0.1) is 0 Å². The highest BCUT2D eigenvalue weighted by Crippen LogP contribution is 2.04. The average molecular weight is 127 g/mol. The van der Waals surface area contributed by atoms with Gasteiger partial charge in [0.1, 0.15) is 0 Å². The Morgan fingerprint density at radius 1 is 1.89 bits per heavy atom. The predicted molar refractivity (Wildman–Crippen MR) is 33.5 cm³/mol. The van der Waals surface area contributed by atoms with Crippen molar-refractivity contribution < 1.29 is 4.74 Å². The summed E-state index contributed by atoms with van der Waals surface area (Å²) in [4.78, 5) is 1.21. The second-order valence-corrected chi connectivity index (χ2v) is 1.59. The molecule has 9 heavy (non-hydrogen) atoms. The molecule has 0 fully saturated rings. The van der Waals surface area contributed by atoms with Gasteiger partial charge in [-0.25, -0.2) is 0 Å². The van der Waals surface area contributed by atoms with Crippen molar-refractivity contribution in [2.24, 2.45) is 0 Å². The van der Waals surface area contributed by atoms with Crippen LogP contribution in [0.5, 0.6) is 5.75 Å². The predicted octanol–water partition coefficient (Wildman–Crippen LogP) is -0.00440. The summed E-state index contributed by atoms with van der Waals surface area (Å²) in [5, 5.41) is 3.70. The minimum Gasteiger partial charge on any atom is -0.490 e. The summed E-state index contributed by atoms with van der Waals surface area (Å²) in [5.74, 6) is 5.94. The van der Waals surface area contributed by atoms with Gasteiger partial charge < -0.3 is 10.6 Å². The highest BCUT2D eigenvalue weighted by Gasteiger charge is 1.92. The summed E-state index contributed by atoms with van der Waals surface area (Å²) < 4.78 is 5.06. The highest BCUT2D eigenvalue weighted by atomic mass is 16.5.